The molecular weight excluding hydrogens is 270 g/mol. The van der Waals surface area contributed by atoms with Crippen LogP contribution in [0, 0.1) is 0 Å². The van der Waals surface area contributed by atoms with Crippen LogP contribution >= 0.6 is 0 Å². The smallest absolute Gasteiger partial charge is 0.322 e. The number of nitrogens with one attached hydrogen (secondary N) is 1. The highest BCUT2D eigenvalue weighted by Gasteiger charge is 2.25. The van der Waals surface area contributed by atoms with Crippen LogP contribution in [0.5, 0.6) is 6.01 Å². The first-order valence-electron chi connectivity index (χ1n) is 7.70. The minimum Gasteiger partial charge on any atom is -0.467 e. The minimum atomic E-state index is 0.185. The fourth-order valence-electron chi connectivity index (χ4n) is 2.59. The lowest BCUT2D eigenvalue weighted by Crippen LogP contribution is -2.41. The van der Waals surface area contributed by atoms with E-state index < -0.39 is 0 Å². The van der Waals surface area contributed by atoms with E-state index >= 15 is 0 Å². The van der Waals surface area contributed by atoms with Crippen molar-refractivity contribution in [1.82, 2.24) is 15.0 Å². The topological polar surface area (TPSA) is 83.4 Å². The summed E-state index contributed by atoms with van der Waals surface area (Å²) in [6.07, 6.45) is 5.11. The number of hydrogen-bond donors (Lipinski definition) is 2. The van der Waals surface area contributed by atoms with Crippen molar-refractivity contribution >= 4 is 11.9 Å². The van der Waals surface area contributed by atoms with Gasteiger partial charge in [0.25, 0.3) is 0 Å². The van der Waals surface area contributed by atoms with E-state index in [0.717, 1.165) is 38.8 Å². The number of piperidine rings is 1. The van der Waals surface area contributed by atoms with Crippen molar-refractivity contribution < 1.29 is 9.84 Å². The Balaban J connectivity index is 2.22. The zero-order chi connectivity index (χ0) is 15.1. The van der Waals surface area contributed by atoms with Gasteiger partial charge >= 0.3 is 6.01 Å². The van der Waals surface area contributed by atoms with E-state index in [-0.39, 0.29) is 12.6 Å². The molecule has 2 rings (SSSR count). The highest BCUT2D eigenvalue weighted by Crippen LogP contribution is 2.25. The van der Waals surface area contributed by atoms with Crippen LogP contribution in [0.3, 0.4) is 0 Å². The maximum atomic E-state index is 9.24. The normalized spacial score (nSPS) is 18.6. The Hall–Kier alpha value is -1.63. The Morgan fingerprint density at radius 1 is 1.33 bits per heavy atom. The molecule has 1 fully saturated rings. The van der Waals surface area contributed by atoms with Crippen molar-refractivity contribution in [3.8, 4) is 6.01 Å². The summed E-state index contributed by atoms with van der Waals surface area (Å²) < 4.78 is 5.18. The number of rotatable bonds is 7. The molecule has 7 heteroatoms. The first-order valence-corrected chi connectivity index (χ1v) is 7.70. The summed E-state index contributed by atoms with van der Waals surface area (Å²) >= 11 is 0. The average molecular weight is 295 g/mol. The van der Waals surface area contributed by atoms with Crippen molar-refractivity contribution in [3.63, 3.8) is 0 Å². The van der Waals surface area contributed by atoms with Gasteiger partial charge in [0.15, 0.2) is 0 Å². The summed E-state index contributed by atoms with van der Waals surface area (Å²) in [5.41, 5.74) is 0. The van der Waals surface area contributed by atoms with E-state index in [1.54, 1.807) is 7.11 Å². The Morgan fingerprint density at radius 2 is 2.19 bits per heavy atom. The van der Waals surface area contributed by atoms with Crippen LogP contribution in [0.2, 0.25) is 0 Å². The number of nitrogens with zero attached hydrogens (tertiary/aromatic N) is 4. The fourth-order valence-corrected chi connectivity index (χ4v) is 2.59. The molecule has 0 aromatic carbocycles. The second kappa shape index (κ2) is 7.97. The van der Waals surface area contributed by atoms with Crippen LogP contribution in [-0.4, -0.2) is 52.9 Å². The number of aliphatic hydroxyl groups is 1. The third-order valence-electron chi connectivity index (χ3n) is 3.67. The Morgan fingerprint density at radius 3 is 2.90 bits per heavy atom. The molecule has 0 aliphatic carbocycles. The molecule has 1 saturated heterocycles. The van der Waals surface area contributed by atoms with Gasteiger partial charge in [0.05, 0.1) is 7.11 Å². The maximum Gasteiger partial charge on any atom is 0.322 e. The monoisotopic (exact) mass is 295 g/mol. The molecule has 2 heterocycles. The second-order valence-electron chi connectivity index (χ2n) is 5.23. The maximum absolute atomic E-state index is 9.24. The van der Waals surface area contributed by atoms with Crippen molar-refractivity contribution in [1.29, 1.82) is 0 Å². The summed E-state index contributed by atoms with van der Waals surface area (Å²) in [5, 5.41) is 12.4. The van der Waals surface area contributed by atoms with Crippen molar-refractivity contribution in [2.24, 2.45) is 0 Å². The molecule has 21 heavy (non-hydrogen) atoms. The molecule has 1 atom stereocenters. The van der Waals surface area contributed by atoms with E-state index in [1.807, 2.05) is 0 Å². The van der Waals surface area contributed by atoms with Crippen LogP contribution in [0.25, 0.3) is 0 Å². The molecule has 0 bridgehead atoms. The zero-order valence-corrected chi connectivity index (χ0v) is 12.9. The predicted octanol–water partition coefficient (Wildman–Crippen LogP) is 1.44. The van der Waals surface area contributed by atoms with E-state index in [1.165, 1.54) is 6.42 Å². The van der Waals surface area contributed by atoms with Crippen LogP contribution in [-0.2, 0) is 0 Å². The highest BCUT2D eigenvalue weighted by molar-refractivity contribution is 5.39. The van der Waals surface area contributed by atoms with E-state index in [4.69, 9.17) is 4.74 Å². The summed E-state index contributed by atoms with van der Waals surface area (Å²) in [5.74, 6) is 1.19. The fraction of sp³-hybridized carbons (Fsp3) is 0.786. The van der Waals surface area contributed by atoms with Gasteiger partial charge < -0.3 is 20.1 Å². The van der Waals surface area contributed by atoms with E-state index in [9.17, 15) is 5.11 Å². The molecule has 0 saturated carbocycles. The summed E-state index contributed by atoms with van der Waals surface area (Å²) in [6, 6.07) is 0.613. The molecule has 0 amide bonds. The Kier molecular flexibility index (Phi) is 5.98. The minimum absolute atomic E-state index is 0.185. The second-order valence-corrected chi connectivity index (χ2v) is 5.23. The average Bonchev–Trinajstić information content (AvgIpc) is 2.53. The third-order valence-corrected chi connectivity index (χ3v) is 3.67. The van der Waals surface area contributed by atoms with Gasteiger partial charge in [-0.3, -0.25) is 0 Å². The molecule has 2 N–H and O–H groups in total. The van der Waals surface area contributed by atoms with E-state index in [2.05, 4.69) is 32.1 Å². The number of aromatic nitrogens is 3. The highest BCUT2D eigenvalue weighted by atomic mass is 16.5. The third kappa shape index (κ3) is 4.17. The Labute approximate surface area is 125 Å². The SMILES string of the molecule is CCCNc1nc(OC)nc(N2CCCCC2CCO)n1. The lowest BCUT2D eigenvalue weighted by molar-refractivity contribution is 0.261. The van der Waals surface area contributed by atoms with Crippen LogP contribution in [0.15, 0.2) is 0 Å². The standard InChI is InChI=1S/C14H25N5O2/c1-3-8-15-12-16-13(18-14(17-12)21-2)19-9-5-4-6-11(19)7-10-20/h11,20H,3-10H2,1-2H3,(H,15,16,17,18). The van der Waals surface area contributed by atoms with Crippen molar-refractivity contribution in [2.75, 3.05) is 37.0 Å². The molecule has 0 spiro atoms. The lowest BCUT2D eigenvalue weighted by Gasteiger charge is -2.35. The molecule has 7 nitrogen and oxygen atoms in total. The quantitative estimate of drug-likeness (QED) is 0.787. The molecule has 1 aliphatic heterocycles. The number of anilines is 2. The largest absolute Gasteiger partial charge is 0.467 e. The van der Waals surface area contributed by atoms with Gasteiger partial charge in [0.1, 0.15) is 0 Å². The van der Waals surface area contributed by atoms with Crippen molar-refractivity contribution in [3.05, 3.63) is 0 Å². The van der Waals surface area contributed by atoms with Crippen LogP contribution in [0.4, 0.5) is 11.9 Å². The summed E-state index contributed by atoms with van der Waals surface area (Å²) in [4.78, 5) is 15.3. The molecule has 1 unspecified atom stereocenters. The number of methoxy groups -OCH3 is 1. The van der Waals surface area contributed by atoms with Gasteiger partial charge in [-0.2, -0.15) is 15.0 Å². The summed E-state index contributed by atoms with van der Waals surface area (Å²) in [7, 11) is 1.56. The van der Waals surface area contributed by atoms with Gasteiger partial charge in [0.2, 0.25) is 11.9 Å². The Bertz CT molecular complexity index is 441. The van der Waals surface area contributed by atoms with Gasteiger partial charge in [-0.05, 0) is 32.1 Å². The summed E-state index contributed by atoms with van der Waals surface area (Å²) in [6.45, 7) is 4.00. The predicted molar refractivity (Wildman–Crippen MR) is 81.8 cm³/mol. The first kappa shape index (κ1) is 15.8. The van der Waals surface area contributed by atoms with Crippen LogP contribution < -0.4 is 15.0 Å². The molecule has 1 aromatic rings. The van der Waals surface area contributed by atoms with Gasteiger partial charge in [-0.1, -0.05) is 6.92 Å². The van der Waals surface area contributed by atoms with Crippen molar-refractivity contribution in [2.45, 2.75) is 45.1 Å². The molecule has 0 radical (unpaired) electrons. The molecule has 1 aromatic heterocycles. The first-order chi connectivity index (χ1) is 10.3. The van der Waals surface area contributed by atoms with Gasteiger partial charge in [0, 0.05) is 25.7 Å². The molecule has 118 valence electrons. The zero-order valence-electron chi connectivity index (χ0n) is 12.9. The van der Waals surface area contributed by atoms with Gasteiger partial charge in [-0.15, -0.1) is 0 Å². The number of ether oxygens (including phenoxy) is 1. The van der Waals surface area contributed by atoms with E-state index in [0.29, 0.717) is 17.9 Å². The number of aliphatic hydroxyl groups excluding tert-OH is 1. The van der Waals surface area contributed by atoms with Crippen LogP contribution in [0.1, 0.15) is 39.0 Å². The van der Waals surface area contributed by atoms with Gasteiger partial charge in [-0.25, -0.2) is 0 Å². The molecule has 1 aliphatic rings. The lowest BCUT2D eigenvalue weighted by atomic mass is 10.0. The number of hydrogen-bond acceptors (Lipinski definition) is 7. The molecular formula is C14H25N5O2.